The molecule has 0 saturated heterocycles. The van der Waals surface area contributed by atoms with Crippen LogP contribution in [0.2, 0.25) is 0 Å². The van der Waals surface area contributed by atoms with Gasteiger partial charge in [0, 0.05) is 0 Å². The van der Waals surface area contributed by atoms with Crippen molar-refractivity contribution in [3.05, 3.63) is 83.9 Å². The van der Waals surface area contributed by atoms with Gasteiger partial charge in [0.15, 0.2) is 0 Å². The third-order valence-electron chi connectivity index (χ3n) is 7.65. The van der Waals surface area contributed by atoms with Crippen molar-refractivity contribution in [2.24, 2.45) is 0 Å². The summed E-state index contributed by atoms with van der Waals surface area (Å²) in [6.07, 6.45) is 15.5. The Hall–Kier alpha value is -3.60. The van der Waals surface area contributed by atoms with Crippen molar-refractivity contribution < 1.29 is 23.8 Å². The second-order valence-electron chi connectivity index (χ2n) is 11.4. The summed E-state index contributed by atoms with van der Waals surface area (Å²) in [6.45, 7) is 7.13. The number of benzene rings is 3. The van der Waals surface area contributed by atoms with Gasteiger partial charge in [0.05, 0.1) is 23.8 Å². The maximum absolute atomic E-state index is 12.7. The molecule has 3 aromatic rings. The molecule has 3 aromatic carbocycles. The number of ether oxygens (including phenoxy) is 3. The van der Waals surface area contributed by atoms with Crippen LogP contribution >= 0.6 is 0 Å². The Morgan fingerprint density at radius 1 is 0.558 bits per heavy atom. The van der Waals surface area contributed by atoms with Gasteiger partial charge in [-0.05, 0) is 85.8 Å². The van der Waals surface area contributed by atoms with E-state index in [2.05, 4.69) is 13.8 Å². The molecule has 5 nitrogen and oxygen atoms in total. The predicted molar refractivity (Wildman–Crippen MR) is 175 cm³/mol. The number of hydrogen-bond donors (Lipinski definition) is 0. The highest BCUT2D eigenvalue weighted by molar-refractivity contribution is 5.92. The van der Waals surface area contributed by atoms with E-state index in [4.69, 9.17) is 14.2 Å². The van der Waals surface area contributed by atoms with Crippen LogP contribution in [-0.4, -0.2) is 24.6 Å². The molecule has 0 spiro atoms. The highest BCUT2D eigenvalue weighted by Gasteiger charge is 2.14. The minimum Gasteiger partial charge on any atom is -0.494 e. The van der Waals surface area contributed by atoms with E-state index in [0.717, 1.165) is 42.7 Å². The van der Waals surface area contributed by atoms with E-state index in [1.165, 1.54) is 64.2 Å². The summed E-state index contributed by atoms with van der Waals surface area (Å²) in [7, 11) is 0. The van der Waals surface area contributed by atoms with E-state index in [9.17, 15) is 9.59 Å². The van der Waals surface area contributed by atoms with Crippen molar-refractivity contribution in [2.75, 3.05) is 6.61 Å². The number of carbonyl (C=O) groups is 2. The molecule has 3 rings (SSSR count). The molecule has 0 aliphatic heterocycles. The van der Waals surface area contributed by atoms with E-state index in [0.29, 0.717) is 16.9 Å². The van der Waals surface area contributed by atoms with Crippen LogP contribution < -0.4 is 9.47 Å². The van der Waals surface area contributed by atoms with Gasteiger partial charge < -0.3 is 14.2 Å². The molecule has 0 heterocycles. The summed E-state index contributed by atoms with van der Waals surface area (Å²) in [6, 6.07) is 21.9. The van der Waals surface area contributed by atoms with E-state index in [1.807, 2.05) is 43.3 Å². The summed E-state index contributed by atoms with van der Waals surface area (Å²) in [5.41, 5.74) is 2.95. The van der Waals surface area contributed by atoms with Crippen LogP contribution in [0.15, 0.2) is 72.8 Å². The molecule has 0 radical (unpaired) electrons. The molecule has 1 atom stereocenters. The number of esters is 2. The highest BCUT2D eigenvalue weighted by Crippen LogP contribution is 2.24. The van der Waals surface area contributed by atoms with E-state index in [1.54, 1.807) is 36.4 Å². The topological polar surface area (TPSA) is 61.8 Å². The first kappa shape index (κ1) is 33.9. The summed E-state index contributed by atoms with van der Waals surface area (Å²) in [5.74, 6) is 0.444. The van der Waals surface area contributed by atoms with Crippen LogP contribution in [0.3, 0.4) is 0 Å². The Balaban J connectivity index is 1.41. The van der Waals surface area contributed by atoms with Crippen LogP contribution in [0, 0.1) is 0 Å². The Kier molecular flexibility index (Phi) is 15.4. The van der Waals surface area contributed by atoms with Gasteiger partial charge in [-0.2, -0.15) is 0 Å². The van der Waals surface area contributed by atoms with E-state index in [-0.39, 0.29) is 12.1 Å². The minimum atomic E-state index is -0.451. The first-order valence-corrected chi connectivity index (χ1v) is 16.4. The molecule has 5 heteroatoms. The Labute approximate surface area is 259 Å². The third-order valence-corrected chi connectivity index (χ3v) is 7.65. The fourth-order valence-corrected chi connectivity index (χ4v) is 4.96. The fourth-order valence-electron chi connectivity index (χ4n) is 4.96. The Morgan fingerprint density at radius 3 is 1.63 bits per heavy atom. The Bertz CT molecular complexity index is 1200. The average molecular weight is 587 g/mol. The number of carbonyl (C=O) groups excluding carboxylic acids is 2. The van der Waals surface area contributed by atoms with Crippen molar-refractivity contribution >= 4 is 11.9 Å². The molecule has 0 bridgehead atoms. The van der Waals surface area contributed by atoms with E-state index < -0.39 is 5.97 Å². The summed E-state index contributed by atoms with van der Waals surface area (Å²) >= 11 is 0. The summed E-state index contributed by atoms with van der Waals surface area (Å²) < 4.78 is 17.0. The van der Waals surface area contributed by atoms with Gasteiger partial charge in [0.25, 0.3) is 0 Å². The second kappa shape index (κ2) is 19.6. The highest BCUT2D eigenvalue weighted by atomic mass is 16.5. The monoisotopic (exact) mass is 586 g/mol. The zero-order valence-corrected chi connectivity index (χ0v) is 26.4. The van der Waals surface area contributed by atoms with Crippen molar-refractivity contribution in [2.45, 2.75) is 110 Å². The zero-order chi connectivity index (χ0) is 30.7. The minimum absolute atomic E-state index is 0.125. The molecule has 0 fully saturated rings. The molecule has 0 amide bonds. The molecular weight excluding hydrogens is 536 g/mol. The van der Waals surface area contributed by atoms with Gasteiger partial charge in [-0.25, -0.2) is 9.59 Å². The van der Waals surface area contributed by atoms with Gasteiger partial charge >= 0.3 is 11.9 Å². The zero-order valence-electron chi connectivity index (χ0n) is 26.4. The molecule has 0 aliphatic carbocycles. The van der Waals surface area contributed by atoms with Gasteiger partial charge in [-0.15, -0.1) is 0 Å². The second-order valence-corrected chi connectivity index (χ2v) is 11.4. The van der Waals surface area contributed by atoms with Gasteiger partial charge in [-0.3, -0.25) is 0 Å². The third kappa shape index (κ3) is 12.7. The summed E-state index contributed by atoms with van der Waals surface area (Å²) in [5, 5.41) is 0. The van der Waals surface area contributed by atoms with Crippen molar-refractivity contribution in [3.8, 4) is 22.6 Å². The molecule has 0 unspecified atom stereocenters. The van der Waals surface area contributed by atoms with Crippen LogP contribution in [0.25, 0.3) is 11.1 Å². The van der Waals surface area contributed by atoms with Gasteiger partial charge in [0.2, 0.25) is 0 Å². The maximum Gasteiger partial charge on any atom is 0.343 e. The first-order chi connectivity index (χ1) is 21.0. The van der Waals surface area contributed by atoms with E-state index >= 15 is 0 Å². The average Bonchev–Trinajstić information content (AvgIpc) is 3.03. The number of rotatable bonds is 20. The number of hydrogen-bond acceptors (Lipinski definition) is 5. The molecule has 0 N–H and O–H groups in total. The lowest BCUT2D eigenvalue weighted by molar-refractivity contribution is 0.0319. The SMILES string of the molecule is CCCCCCCCOc1ccc(-c2ccc(C(=O)Oc3ccc(C(=O)O[C@@H](C)CCCCCCCC)cc3)cc2)cc1. The van der Waals surface area contributed by atoms with Crippen LogP contribution in [0.4, 0.5) is 0 Å². The largest absolute Gasteiger partial charge is 0.494 e. The van der Waals surface area contributed by atoms with Crippen molar-refractivity contribution in [1.29, 1.82) is 0 Å². The normalized spacial score (nSPS) is 11.6. The van der Waals surface area contributed by atoms with Gasteiger partial charge in [-0.1, -0.05) is 102 Å². The maximum atomic E-state index is 12.7. The molecule has 43 heavy (non-hydrogen) atoms. The lowest BCUT2D eigenvalue weighted by atomic mass is 10.0. The van der Waals surface area contributed by atoms with Crippen LogP contribution in [-0.2, 0) is 4.74 Å². The smallest absolute Gasteiger partial charge is 0.343 e. The molecule has 0 aromatic heterocycles. The quantitative estimate of drug-likeness (QED) is 0.0748. The fraction of sp³-hybridized carbons (Fsp3) is 0.474. The molecule has 232 valence electrons. The first-order valence-electron chi connectivity index (χ1n) is 16.4. The molecule has 0 aliphatic rings. The number of unbranched alkanes of at least 4 members (excludes halogenated alkanes) is 10. The molecular formula is C38H50O5. The standard InChI is InChI=1S/C38H50O5/c1-4-6-8-10-12-14-16-30(3)42-37(39)34-23-27-36(28-24-34)43-38(40)33-19-17-31(18-20-33)32-21-25-35(26-22-32)41-29-15-13-11-9-7-5-2/h17-28,30H,4-16,29H2,1-3H3/t30-/m0/s1. The Morgan fingerprint density at radius 2 is 1.02 bits per heavy atom. The predicted octanol–water partition coefficient (Wildman–Crippen LogP) is 10.6. The van der Waals surface area contributed by atoms with Crippen LogP contribution in [0.1, 0.15) is 125 Å². The van der Waals surface area contributed by atoms with Crippen molar-refractivity contribution in [3.63, 3.8) is 0 Å². The van der Waals surface area contributed by atoms with Crippen molar-refractivity contribution in [1.82, 2.24) is 0 Å². The molecule has 0 saturated carbocycles. The van der Waals surface area contributed by atoms with Gasteiger partial charge in [0.1, 0.15) is 11.5 Å². The lowest BCUT2D eigenvalue weighted by Crippen LogP contribution is -2.15. The summed E-state index contributed by atoms with van der Waals surface area (Å²) in [4.78, 5) is 25.2. The van der Waals surface area contributed by atoms with Crippen LogP contribution in [0.5, 0.6) is 11.5 Å². The lowest BCUT2D eigenvalue weighted by Gasteiger charge is -2.13.